The zero-order valence-corrected chi connectivity index (χ0v) is 7.72. The monoisotopic (exact) mass is 182 g/mol. The predicted molar refractivity (Wildman–Crippen MR) is 47.8 cm³/mol. The van der Waals surface area contributed by atoms with Crippen molar-refractivity contribution >= 4 is 5.78 Å². The normalized spacial score (nSPS) is 32.5. The van der Waals surface area contributed by atoms with Crippen molar-refractivity contribution in [1.29, 1.82) is 0 Å². The minimum Gasteiger partial charge on any atom is -0.394 e. The van der Waals surface area contributed by atoms with Gasteiger partial charge in [0.15, 0.2) is 5.78 Å². The number of ketones is 1. The molecular formula is C9H14N2O2. The van der Waals surface area contributed by atoms with E-state index in [0.29, 0.717) is 18.7 Å². The van der Waals surface area contributed by atoms with Crippen LogP contribution in [0.3, 0.4) is 0 Å². The van der Waals surface area contributed by atoms with Crippen molar-refractivity contribution < 1.29 is 9.53 Å². The van der Waals surface area contributed by atoms with Gasteiger partial charge in [0.05, 0.1) is 18.0 Å². The van der Waals surface area contributed by atoms with E-state index in [-0.39, 0.29) is 11.4 Å². The van der Waals surface area contributed by atoms with E-state index in [4.69, 9.17) is 10.5 Å². The van der Waals surface area contributed by atoms with E-state index in [2.05, 4.69) is 5.32 Å². The molecule has 0 aromatic rings. The highest BCUT2D eigenvalue weighted by atomic mass is 16.6. The summed E-state index contributed by atoms with van der Waals surface area (Å²) >= 11 is 0. The van der Waals surface area contributed by atoms with E-state index in [1.165, 1.54) is 0 Å². The number of nitrogens with one attached hydrogen (secondary N) is 1. The molecule has 13 heavy (non-hydrogen) atoms. The topological polar surface area (TPSA) is 67.6 Å². The molecule has 0 amide bonds. The van der Waals surface area contributed by atoms with Crippen molar-refractivity contribution in [3.63, 3.8) is 0 Å². The number of likely N-dealkylation sites (N-methyl/N-ethyl adjacent to an activating group) is 1. The van der Waals surface area contributed by atoms with Gasteiger partial charge in [-0.2, -0.15) is 0 Å². The first-order valence-corrected chi connectivity index (χ1v) is 4.61. The van der Waals surface area contributed by atoms with Crippen LogP contribution in [-0.4, -0.2) is 24.5 Å². The van der Waals surface area contributed by atoms with Crippen molar-refractivity contribution in [2.24, 2.45) is 5.73 Å². The van der Waals surface area contributed by atoms with Crippen molar-refractivity contribution in [1.82, 2.24) is 5.32 Å². The molecule has 1 atom stereocenters. The van der Waals surface area contributed by atoms with Crippen LogP contribution in [0.15, 0.2) is 11.4 Å². The number of ether oxygens (including phenoxy) is 1. The van der Waals surface area contributed by atoms with Crippen LogP contribution in [0.1, 0.15) is 19.8 Å². The summed E-state index contributed by atoms with van der Waals surface area (Å²) in [5, 5.41) is 3.13. The van der Waals surface area contributed by atoms with Crippen LogP contribution in [0.25, 0.3) is 0 Å². The lowest BCUT2D eigenvalue weighted by Crippen LogP contribution is -2.37. The van der Waals surface area contributed by atoms with Gasteiger partial charge in [0.1, 0.15) is 5.60 Å². The summed E-state index contributed by atoms with van der Waals surface area (Å²) < 4.78 is 5.37. The van der Waals surface area contributed by atoms with Gasteiger partial charge in [-0.15, -0.1) is 0 Å². The van der Waals surface area contributed by atoms with E-state index >= 15 is 0 Å². The molecule has 1 aliphatic heterocycles. The standard InChI is InChI=1S/C9H14N2O2/c1-2-11-8-7(10)6(12)3-4-9(8)5-13-9/h11H,2-5,10H2,1H3. The van der Waals surface area contributed by atoms with Gasteiger partial charge in [-0.1, -0.05) is 0 Å². The van der Waals surface area contributed by atoms with Gasteiger partial charge in [0.25, 0.3) is 0 Å². The summed E-state index contributed by atoms with van der Waals surface area (Å²) in [5.41, 5.74) is 6.66. The third-order valence-corrected chi connectivity index (χ3v) is 2.63. The average molecular weight is 182 g/mol. The number of carbonyl (C=O) groups is 1. The Hall–Kier alpha value is -1.03. The van der Waals surface area contributed by atoms with Gasteiger partial charge in [0.2, 0.25) is 0 Å². The Bertz CT molecular complexity index is 279. The smallest absolute Gasteiger partial charge is 0.180 e. The largest absolute Gasteiger partial charge is 0.394 e. The first-order valence-electron chi connectivity index (χ1n) is 4.61. The predicted octanol–water partition coefficient (Wildman–Crippen LogP) is -0.102. The number of carbonyl (C=O) groups excluding carboxylic acids is 1. The van der Waals surface area contributed by atoms with Crippen molar-refractivity contribution in [2.45, 2.75) is 25.4 Å². The van der Waals surface area contributed by atoms with Crippen molar-refractivity contribution in [3.05, 3.63) is 11.4 Å². The van der Waals surface area contributed by atoms with Crippen LogP contribution in [0.5, 0.6) is 0 Å². The summed E-state index contributed by atoms with van der Waals surface area (Å²) in [6.07, 6.45) is 1.29. The minimum atomic E-state index is -0.228. The second kappa shape index (κ2) is 2.73. The van der Waals surface area contributed by atoms with E-state index in [1.807, 2.05) is 6.92 Å². The number of nitrogens with two attached hydrogens (primary N) is 1. The molecule has 1 fully saturated rings. The summed E-state index contributed by atoms with van der Waals surface area (Å²) in [7, 11) is 0. The van der Waals surface area contributed by atoms with Crippen molar-refractivity contribution in [2.75, 3.05) is 13.2 Å². The molecule has 72 valence electrons. The number of hydrogen-bond acceptors (Lipinski definition) is 4. The molecule has 0 aromatic carbocycles. The lowest BCUT2D eigenvalue weighted by atomic mass is 9.90. The summed E-state index contributed by atoms with van der Waals surface area (Å²) in [4.78, 5) is 11.3. The van der Waals surface area contributed by atoms with Gasteiger partial charge in [-0.25, -0.2) is 0 Å². The van der Waals surface area contributed by atoms with Gasteiger partial charge in [-0.05, 0) is 13.3 Å². The molecule has 3 N–H and O–H groups in total. The lowest BCUT2D eigenvalue weighted by Gasteiger charge is -2.23. The Balaban J connectivity index is 2.31. The SMILES string of the molecule is CCNC1=C(N)C(=O)CCC12CO2. The minimum absolute atomic E-state index is 0.0390. The highest BCUT2D eigenvalue weighted by Crippen LogP contribution is 2.42. The summed E-state index contributed by atoms with van der Waals surface area (Å²) in [5.74, 6) is 0.0390. The van der Waals surface area contributed by atoms with Crippen LogP contribution in [0.4, 0.5) is 0 Å². The van der Waals surface area contributed by atoms with Crippen LogP contribution in [-0.2, 0) is 9.53 Å². The third-order valence-electron chi connectivity index (χ3n) is 2.63. The number of epoxide rings is 1. The molecule has 4 heteroatoms. The fraction of sp³-hybridized carbons (Fsp3) is 0.667. The van der Waals surface area contributed by atoms with E-state index in [1.54, 1.807) is 0 Å². The first kappa shape index (κ1) is 8.56. The molecular weight excluding hydrogens is 168 g/mol. The molecule has 1 saturated heterocycles. The van der Waals surface area contributed by atoms with Gasteiger partial charge >= 0.3 is 0 Å². The maximum absolute atomic E-state index is 11.3. The second-order valence-electron chi connectivity index (χ2n) is 3.53. The molecule has 0 saturated carbocycles. The lowest BCUT2D eigenvalue weighted by molar-refractivity contribution is -0.116. The molecule has 1 aliphatic carbocycles. The van der Waals surface area contributed by atoms with Gasteiger partial charge in [0, 0.05) is 13.0 Å². The molecule has 0 bridgehead atoms. The van der Waals surface area contributed by atoms with E-state index in [9.17, 15) is 4.79 Å². The fourth-order valence-corrected chi connectivity index (χ4v) is 1.77. The quantitative estimate of drug-likeness (QED) is 0.585. The second-order valence-corrected chi connectivity index (χ2v) is 3.53. The highest BCUT2D eigenvalue weighted by molar-refractivity contribution is 5.96. The van der Waals surface area contributed by atoms with Crippen LogP contribution in [0.2, 0.25) is 0 Å². The fourth-order valence-electron chi connectivity index (χ4n) is 1.77. The van der Waals surface area contributed by atoms with Crippen LogP contribution >= 0.6 is 0 Å². The van der Waals surface area contributed by atoms with Gasteiger partial charge in [-0.3, -0.25) is 4.79 Å². The zero-order chi connectivity index (χ0) is 9.47. The average Bonchev–Trinajstić information content (AvgIpc) is 2.88. The highest BCUT2D eigenvalue weighted by Gasteiger charge is 2.52. The molecule has 4 nitrogen and oxygen atoms in total. The van der Waals surface area contributed by atoms with E-state index < -0.39 is 0 Å². The first-order chi connectivity index (χ1) is 6.19. The molecule has 2 aliphatic rings. The van der Waals surface area contributed by atoms with Gasteiger partial charge < -0.3 is 15.8 Å². The Morgan fingerprint density at radius 2 is 2.38 bits per heavy atom. The number of hydrogen-bond donors (Lipinski definition) is 2. The Morgan fingerprint density at radius 3 is 2.92 bits per heavy atom. The maximum Gasteiger partial charge on any atom is 0.180 e. The Morgan fingerprint density at radius 1 is 1.69 bits per heavy atom. The van der Waals surface area contributed by atoms with Crippen LogP contribution in [0, 0.1) is 0 Å². The molecule has 0 aromatic heterocycles. The molecule has 1 unspecified atom stereocenters. The molecule has 2 rings (SSSR count). The van der Waals surface area contributed by atoms with Crippen molar-refractivity contribution in [3.8, 4) is 0 Å². The number of allylic oxidation sites excluding steroid dienone is 1. The number of rotatable bonds is 2. The number of Topliss-reactive ketones (excluding diaryl/α,β-unsaturated/α-hetero) is 1. The summed E-state index contributed by atoms with van der Waals surface area (Å²) in [6, 6.07) is 0. The molecule has 0 radical (unpaired) electrons. The Kier molecular flexibility index (Phi) is 1.80. The maximum atomic E-state index is 11.3. The molecule has 1 heterocycles. The van der Waals surface area contributed by atoms with E-state index in [0.717, 1.165) is 18.7 Å². The Labute approximate surface area is 77.1 Å². The third kappa shape index (κ3) is 1.21. The zero-order valence-electron chi connectivity index (χ0n) is 7.72. The van der Waals surface area contributed by atoms with Crippen LogP contribution < -0.4 is 11.1 Å². The summed E-state index contributed by atoms with van der Waals surface area (Å²) in [6.45, 7) is 3.45. The molecule has 1 spiro atoms.